The van der Waals surface area contributed by atoms with Gasteiger partial charge < -0.3 is 4.42 Å². The van der Waals surface area contributed by atoms with Crippen molar-refractivity contribution in [3.05, 3.63) is 45.6 Å². The molecule has 0 amide bonds. The van der Waals surface area contributed by atoms with Crippen LogP contribution in [0.3, 0.4) is 0 Å². The highest BCUT2D eigenvalue weighted by Crippen LogP contribution is 2.25. The minimum atomic E-state index is -0.846. The quantitative estimate of drug-likeness (QED) is 0.459. The fraction of sp³-hybridized carbons (Fsp3) is 0.273. The third-order valence-corrected chi connectivity index (χ3v) is 3.71. The van der Waals surface area contributed by atoms with Crippen molar-refractivity contribution < 1.29 is 13.7 Å². The van der Waals surface area contributed by atoms with E-state index < -0.39 is 16.4 Å². The van der Waals surface area contributed by atoms with Gasteiger partial charge in [0.15, 0.2) is 0 Å². The maximum absolute atomic E-state index is 13.4. The summed E-state index contributed by atoms with van der Waals surface area (Å²) < 4.78 is 18.8. The van der Waals surface area contributed by atoms with Crippen molar-refractivity contribution in [2.45, 2.75) is 16.7 Å². The van der Waals surface area contributed by atoms with E-state index in [9.17, 15) is 14.5 Å². The van der Waals surface area contributed by atoms with Crippen LogP contribution in [-0.2, 0) is 11.5 Å². The van der Waals surface area contributed by atoms with Crippen LogP contribution in [0.25, 0.3) is 0 Å². The molecule has 0 unspecified atom stereocenters. The molecular formula is C11H10FN3O3S2. The fourth-order valence-electron chi connectivity index (χ4n) is 1.41. The molecule has 0 fully saturated rings. The molecule has 0 aliphatic carbocycles. The van der Waals surface area contributed by atoms with Gasteiger partial charge >= 0.3 is 5.69 Å². The number of thioether (sulfide) groups is 2. The van der Waals surface area contributed by atoms with E-state index in [-0.39, 0.29) is 0 Å². The molecule has 1 aromatic heterocycles. The van der Waals surface area contributed by atoms with Crippen LogP contribution in [0, 0.1) is 15.9 Å². The van der Waals surface area contributed by atoms with Crippen molar-refractivity contribution in [3.63, 3.8) is 0 Å². The van der Waals surface area contributed by atoms with Gasteiger partial charge in [-0.15, -0.1) is 10.2 Å². The molecule has 0 aliphatic heterocycles. The molecule has 0 radical (unpaired) electrons. The highest BCUT2D eigenvalue weighted by Gasteiger charge is 2.14. The first kappa shape index (κ1) is 14.8. The molecule has 9 heteroatoms. The summed E-state index contributed by atoms with van der Waals surface area (Å²) in [6, 6.07) is 3.80. The Balaban J connectivity index is 1.99. The lowest BCUT2D eigenvalue weighted by Gasteiger charge is -1.99. The van der Waals surface area contributed by atoms with Gasteiger partial charge in [0, 0.05) is 11.8 Å². The number of nitro groups is 1. The monoisotopic (exact) mass is 315 g/mol. The summed E-state index contributed by atoms with van der Waals surface area (Å²) in [5.74, 6) is 0.729. The van der Waals surface area contributed by atoms with Gasteiger partial charge in [0.25, 0.3) is 5.22 Å². The van der Waals surface area contributed by atoms with Crippen LogP contribution in [0.1, 0.15) is 11.5 Å². The van der Waals surface area contributed by atoms with E-state index in [1.54, 1.807) is 11.8 Å². The van der Waals surface area contributed by atoms with Gasteiger partial charge in [-0.2, -0.15) is 16.2 Å². The van der Waals surface area contributed by atoms with Crippen molar-refractivity contribution in [1.29, 1.82) is 0 Å². The van der Waals surface area contributed by atoms with Gasteiger partial charge in [0.1, 0.15) is 0 Å². The molecule has 0 saturated carbocycles. The summed E-state index contributed by atoms with van der Waals surface area (Å²) in [6.45, 7) is 0. The molecule has 6 nitrogen and oxygen atoms in total. The Morgan fingerprint density at radius 2 is 2.20 bits per heavy atom. The first-order valence-corrected chi connectivity index (χ1v) is 7.85. The van der Waals surface area contributed by atoms with Gasteiger partial charge in [0.2, 0.25) is 11.7 Å². The van der Waals surface area contributed by atoms with Crippen molar-refractivity contribution in [2.75, 3.05) is 6.26 Å². The van der Waals surface area contributed by atoms with E-state index >= 15 is 0 Å². The molecule has 1 aromatic carbocycles. The van der Waals surface area contributed by atoms with Crippen LogP contribution in [0.5, 0.6) is 0 Å². The molecule has 0 aliphatic rings. The van der Waals surface area contributed by atoms with Gasteiger partial charge in [-0.1, -0.05) is 17.8 Å². The summed E-state index contributed by atoms with van der Waals surface area (Å²) in [6.07, 6.45) is 1.93. The standard InChI is InChI=1S/C11H10FN3O3S2/c1-19-6-10-13-14-11(18-10)20-5-7-2-3-9(15(16)17)8(12)4-7/h2-4H,5-6H2,1H3. The molecule has 0 saturated heterocycles. The summed E-state index contributed by atoms with van der Waals surface area (Å²) >= 11 is 2.83. The third-order valence-electron chi connectivity index (χ3n) is 2.29. The van der Waals surface area contributed by atoms with Crippen LogP contribution in [-0.4, -0.2) is 21.4 Å². The molecule has 106 valence electrons. The topological polar surface area (TPSA) is 82.1 Å². The molecular weight excluding hydrogens is 305 g/mol. The number of benzene rings is 1. The summed E-state index contributed by atoms with van der Waals surface area (Å²) in [5, 5.41) is 18.6. The number of nitro benzene ring substituents is 1. The zero-order chi connectivity index (χ0) is 14.5. The maximum Gasteiger partial charge on any atom is 0.304 e. The molecule has 0 N–H and O–H groups in total. The van der Waals surface area contributed by atoms with E-state index in [4.69, 9.17) is 4.42 Å². The van der Waals surface area contributed by atoms with E-state index in [1.165, 1.54) is 17.8 Å². The zero-order valence-corrected chi connectivity index (χ0v) is 12.0. The minimum absolute atomic E-state index is 0.396. The number of hydrogen-bond acceptors (Lipinski definition) is 7. The Morgan fingerprint density at radius 1 is 1.40 bits per heavy atom. The van der Waals surface area contributed by atoms with Gasteiger partial charge in [-0.3, -0.25) is 10.1 Å². The number of rotatable bonds is 6. The second kappa shape index (κ2) is 6.71. The largest absolute Gasteiger partial charge is 0.415 e. The second-order valence-electron chi connectivity index (χ2n) is 3.73. The molecule has 2 aromatic rings. The van der Waals surface area contributed by atoms with Gasteiger partial charge in [-0.05, 0) is 17.9 Å². The second-order valence-corrected chi connectivity index (χ2v) is 5.52. The summed E-state index contributed by atoms with van der Waals surface area (Å²) in [7, 11) is 0. The van der Waals surface area contributed by atoms with Crippen LogP contribution in [0.4, 0.5) is 10.1 Å². The summed E-state index contributed by atoms with van der Waals surface area (Å²) in [5.41, 5.74) is 0.0847. The Bertz CT molecular complexity index is 621. The van der Waals surface area contributed by atoms with E-state index in [1.807, 2.05) is 6.26 Å². The van der Waals surface area contributed by atoms with Crippen molar-refractivity contribution in [2.24, 2.45) is 0 Å². The van der Waals surface area contributed by atoms with Crippen LogP contribution in [0.2, 0.25) is 0 Å². The van der Waals surface area contributed by atoms with Crippen molar-refractivity contribution in [1.82, 2.24) is 10.2 Å². The van der Waals surface area contributed by atoms with E-state index in [2.05, 4.69) is 10.2 Å². The first-order chi connectivity index (χ1) is 9.60. The number of halogens is 1. The third kappa shape index (κ3) is 3.70. The smallest absolute Gasteiger partial charge is 0.304 e. The van der Waals surface area contributed by atoms with Crippen molar-refractivity contribution >= 4 is 29.2 Å². The Morgan fingerprint density at radius 3 is 2.85 bits per heavy atom. The lowest BCUT2D eigenvalue weighted by molar-refractivity contribution is -0.387. The van der Waals surface area contributed by atoms with Crippen LogP contribution >= 0.6 is 23.5 Å². The van der Waals surface area contributed by atoms with E-state index in [0.717, 1.165) is 12.1 Å². The molecule has 0 spiro atoms. The molecule has 0 bridgehead atoms. The normalized spacial score (nSPS) is 10.7. The number of hydrogen-bond donors (Lipinski definition) is 0. The highest BCUT2D eigenvalue weighted by atomic mass is 32.2. The predicted molar refractivity (Wildman–Crippen MR) is 74.1 cm³/mol. The lowest BCUT2D eigenvalue weighted by atomic mass is 10.2. The Hall–Kier alpha value is -1.61. The molecule has 0 atom stereocenters. The molecule has 2 rings (SSSR count). The lowest BCUT2D eigenvalue weighted by Crippen LogP contribution is -1.93. The Labute approximate surface area is 122 Å². The molecule has 20 heavy (non-hydrogen) atoms. The van der Waals surface area contributed by atoms with Crippen LogP contribution < -0.4 is 0 Å². The van der Waals surface area contributed by atoms with Crippen LogP contribution in [0.15, 0.2) is 27.8 Å². The SMILES string of the molecule is CSCc1nnc(SCc2ccc([N+](=O)[O-])c(F)c2)o1. The number of aromatic nitrogens is 2. The average Bonchev–Trinajstić information content (AvgIpc) is 2.84. The van der Waals surface area contributed by atoms with E-state index in [0.29, 0.717) is 28.2 Å². The average molecular weight is 315 g/mol. The highest BCUT2D eigenvalue weighted by molar-refractivity contribution is 7.98. The van der Waals surface area contributed by atoms with Crippen molar-refractivity contribution in [3.8, 4) is 0 Å². The van der Waals surface area contributed by atoms with Gasteiger partial charge in [0.05, 0.1) is 10.7 Å². The van der Waals surface area contributed by atoms with Gasteiger partial charge in [-0.25, -0.2) is 0 Å². The molecule has 1 heterocycles. The Kier molecular flexibility index (Phi) is 4.96. The maximum atomic E-state index is 13.4. The minimum Gasteiger partial charge on any atom is -0.415 e. The first-order valence-electron chi connectivity index (χ1n) is 5.47. The fourth-order valence-corrected chi connectivity index (χ4v) is 2.50. The number of nitrogens with zero attached hydrogens (tertiary/aromatic N) is 3. The predicted octanol–water partition coefficient (Wildman–Crippen LogP) is 3.27. The summed E-state index contributed by atoms with van der Waals surface area (Å²) in [4.78, 5) is 9.75. The zero-order valence-electron chi connectivity index (χ0n) is 10.4.